The van der Waals surface area contributed by atoms with Gasteiger partial charge in [-0.25, -0.2) is 9.59 Å². The summed E-state index contributed by atoms with van der Waals surface area (Å²) in [7, 11) is 2.78. The largest absolute Gasteiger partial charge is 0.367 e. The molecule has 8 amide bonds. The first-order chi connectivity index (χ1) is 19.6. The Hall–Kier alpha value is -4.80. The summed E-state index contributed by atoms with van der Waals surface area (Å²) in [5.41, 5.74) is 1.41. The zero-order valence-electron chi connectivity index (χ0n) is 22.8. The van der Waals surface area contributed by atoms with Crippen molar-refractivity contribution >= 4 is 47.5 Å². The molecule has 11 nitrogen and oxygen atoms in total. The Morgan fingerprint density at radius 1 is 0.951 bits per heavy atom. The van der Waals surface area contributed by atoms with Crippen molar-refractivity contribution < 1.29 is 28.8 Å². The number of nitrogens with zero attached hydrogens (tertiary/aromatic N) is 4. The third-order valence-electron chi connectivity index (χ3n) is 8.61. The first-order valence-corrected chi connectivity index (χ1v) is 13.6. The van der Waals surface area contributed by atoms with E-state index >= 15 is 0 Å². The summed E-state index contributed by atoms with van der Waals surface area (Å²) in [5.74, 6) is -2.52. The van der Waals surface area contributed by atoms with Gasteiger partial charge in [0.2, 0.25) is 11.8 Å². The summed E-state index contributed by atoms with van der Waals surface area (Å²) in [4.78, 5) is 83.4. The van der Waals surface area contributed by atoms with Gasteiger partial charge in [0.05, 0.1) is 6.04 Å². The van der Waals surface area contributed by atoms with Crippen LogP contribution in [0.25, 0.3) is 6.08 Å². The number of hydrogen-bond donors (Lipinski definition) is 1. The van der Waals surface area contributed by atoms with E-state index in [1.165, 1.54) is 20.2 Å². The first kappa shape index (κ1) is 26.4. The number of hydrogen-bond acceptors (Lipinski definition) is 7. The third-order valence-corrected chi connectivity index (χ3v) is 8.61. The average molecular weight is 556 g/mol. The molecule has 4 aliphatic heterocycles. The van der Waals surface area contributed by atoms with Crippen molar-refractivity contribution in [1.82, 2.24) is 20.0 Å². The van der Waals surface area contributed by atoms with Crippen LogP contribution < -0.4 is 10.2 Å². The van der Waals surface area contributed by atoms with Gasteiger partial charge in [-0.05, 0) is 60.6 Å². The van der Waals surface area contributed by atoms with Gasteiger partial charge < -0.3 is 4.90 Å². The van der Waals surface area contributed by atoms with Gasteiger partial charge in [0, 0.05) is 32.9 Å². The molecule has 11 heteroatoms. The molecule has 3 fully saturated rings. The van der Waals surface area contributed by atoms with Gasteiger partial charge in [0.1, 0.15) is 5.57 Å². The van der Waals surface area contributed by atoms with Gasteiger partial charge in [-0.2, -0.15) is 0 Å². The molecule has 1 N–H and O–H groups in total. The number of fused-ring (bicyclic) bond motifs is 4. The second-order valence-electron chi connectivity index (χ2n) is 10.9. The predicted molar refractivity (Wildman–Crippen MR) is 147 cm³/mol. The molecular formula is C30H29N5O6. The van der Waals surface area contributed by atoms with Crippen LogP contribution in [0.15, 0.2) is 54.1 Å². The number of rotatable bonds is 4. The van der Waals surface area contributed by atoms with E-state index in [2.05, 4.69) is 10.2 Å². The SMILES string of the molecule is CN1C(=O)N(C)C(=O)C2(Cc3cc(/C=C4\C(=O)NC(=O)N(CCc5ccccc5)C4=O)ccc3N3CCCC32)C1=O. The lowest BCUT2D eigenvalue weighted by Crippen LogP contribution is -2.70. The molecule has 4 aliphatic rings. The topological polar surface area (TPSA) is 127 Å². The summed E-state index contributed by atoms with van der Waals surface area (Å²) < 4.78 is 0. The van der Waals surface area contributed by atoms with Crippen molar-refractivity contribution in [1.29, 1.82) is 0 Å². The fourth-order valence-corrected chi connectivity index (χ4v) is 6.58. The number of carbonyl (C=O) groups is 6. The second-order valence-corrected chi connectivity index (χ2v) is 10.9. The molecule has 4 heterocycles. The fraction of sp³-hybridized carbons (Fsp3) is 0.333. The fourth-order valence-electron chi connectivity index (χ4n) is 6.58. The van der Waals surface area contributed by atoms with E-state index in [-0.39, 0.29) is 24.6 Å². The molecule has 2 aromatic carbocycles. The van der Waals surface area contributed by atoms with Crippen LogP contribution in [0.2, 0.25) is 0 Å². The van der Waals surface area contributed by atoms with Crippen molar-refractivity contribution in [2.75, 3.05) is 32.1 Å². The maximum atomic E-state index is 13.6. The number of carbonyl (C=O) groups excluding carboxylic acids is 6. The summed E-state index contributed by atoms with van der Waals surface area (Å²) in [6.45, 7) is 0.757. The summed E-state index contributed by atoms with van der Waals surface area (Å²) in [6.07, 6.45) is 3.38. The lowest BCUT2D eigenvalue weighted by molar-refractivity contribution is -0.159. The molecule has 1 spiro atoms. The van der Waals surface area contributed by atoms with Gasteiger partial charge in [0.15, 0.2) is 5.41 Å². The molecule has 41 heavy (non-hydrogen) atoms. The molecule has 0 saturated carbocycles. The number of imide groups is 4. The number of amides is 8. The molecule has 1 unspecified atom stereocenters. The van der Waals surface area contributed by atoms with E-state index in [4.69, 9.17) is 0 Å². The van der Waals surface area contributed by atoms with Crippen LogP contribution in [0, 0.1) is 5.41 Å². The Balaban J connectivity index is 1.34. The minimum atomic E-state index is -1.45. The quantitative estimate of drug-likeness (QED) is 0.347. The highest BCUT2D eigenvalue weighted by Crippen LogP contribution is 2.49. The molecule has 0 aliphatic carbocycles. The van der Waals surface area contributed by atoms with Crippen molar-refractivity contribution in [3.05, 3.63) is 70.8 Å². The van der Waals surface area contributed by atoms with Crippen LogP contribution in [0.1, 0.15) is 29.5 Å². The normalized spacial score (nSPS) is 23.0. The zero-order chi connectivity index (χ0) is 29.1. The zero-order valence-corrected chi connectivity index (χ0v) is 22.8. The number of urea groups is 2. The average Bonchev–Trinajstić information content (AvgIpc) is 3.47. The Morgan fingerprint density at radius 3 is 2.37 bits per heavy atom. The van der Waals surface area contributed by atoms with Gasteiger partial charge in [-0.3, -0.25) is 39.2 Å². The van der Waals surface area contributed by atoms with Gasteiger partial charge in [0.25, 0.3) is 11.8 Å². The molecule has 0 radical (unpaired) electrons. The maximum absolute atomic E-state index is 13.6. The summed E-state index contributed by atoms with van der Waals surface area (Å²) >= 11 is 0. The van der Waals surface area contributed by atoms with Gasteiger partial charge in [-0.1, -0.05) is 36.4 Å². The van der Waals surface area contributed by atoms with E-state index in [1.807, 2.05) is 36.4 Å². The molecule has 0 aromatic heterocycles. The van der Waals surface area contributed by atoms with E-state index in [0.717, 1.165) is 32.4 Å². The Labute approximate surface area is 236 Å². The van der Waals surface area contributed by atoms with E-state index in [9.17, 15) is 28.8 Å². The maximum Gasteiger partial charge on any atom is 0.332 e. The van der Waals surface area contributed by atoms with Crippen LogP contribution in [0.4, 0.5) is 15.3 Å². The Morgan fingerprint density at radius 2 is 1.66 bits per heavy atom. The smallest absolute Gasteiger partial charge is 0.332 e. The minimum absolute atomic E-state index is 0.0853. The number of barbiturate groups is 2. The molecule has 210 valence electrons. The van der Waals surface area contributed by atoms with E-state index < -0.39 is 41.1 Å². The van der Waals surface area contributed by atoms with Crippen molar-refractivity contribution in [3.63, 3.8) is 0 Å². The highest BCUT2D eigenvalue weighted by Gasteiger charge is 2.63. The monoisotopic (exact) mass is 555 g/mol. The third kappa shape index (κ3) is 4.02. The van der Waals surface area contributed by atoms with Crippen LogP contribution >= 0.6 is 0 Å². The van der Waals surface area contributed by atoms with Crippen molar-refractivity contribution in [2.45, 2.75) is 31.7 Å². The molecular weight excluding hydrogens is 526 g/mol. The lowest BCUT2D eigenvalue weighted by atomic mass is 9.68. The number of nitrogens with one attached hydrogen (secondary N) is 1. The number of benzene rings is 2. The second kappa shape index (κ2) is 9.69. The standard InChI is InChI=1S/C30H29N5O6/c1-32-26(38)30(27(39)33(2)29(32)41)17-20-15-19(10-11-22(20)34-13-6-9-23(30)34)16-21-24(36)31-28(40)35(25(21)37)14-12-18-7-4-3-5-8-18/h3-5,7-8,10-11,15-16,23H,6,9,12-14,17H2,1-2H3,(H,31,36,40)/b21-16+. The highest BCUT2D eigenvalue weighted by atomic mass is 16.2. The van der Waals surface area contributed by atoms with E-state index in [1.54, 1.807) is 12.1 Å². The van der Waals surface area contributed by atoms with Crippen LogP contribution in [-0.2, 0) is 32.0 Å². The molecule has 3 saturated heterocycles. The van der Waals surface area contributed by atoms with Crippen LogP contribution in [-0.4, -0.2) is 83.6 Å². The van der Waals surface area contributed by atoms with Crippen LogP contribution in [0.5, 0.6) is 0 Å². The number of anilines is 1. The molecule has 2 aromatic rings. The summed E-state index contributed by atoms with van der Waals surface area (Å²) in [6, 6.07) is 13.0. The minimum Gasteiger partial charge on any atom is -0.367 e. The lowest BCUT2D eigenvalue weighted by Gasteiger charge is -2.50. The van der Waals surface area contributed by atoms with Gasteiger partial charge in [-0.15, -0.1) is 0 Å². The first-order valence-electron chi connectivity index (χ1n) is 13.6. The van der Waals surface area contributed by atoms with Crippen molar-refractivity contribution in [2.24, 2.45) is 5.41 Å². The highest BCUT2D eigenvalue weighted by molar-refractivity contribution is 6.31. The van der Waals surface area contributed by atoms with Crippen molar-refractivity contribution in [3.8, 4) is 0 Å². The molecule has 1 atom stereocenters. The predicted octanol–water partition coefficient (Wildman–Crippen LogP) is 1.95. The summed E-state index contributed by atoms with van der Waals surface area (Å²) in [5, 5.41) is 2.25. The Kier molecular flexibility index (Phi) is 6.24. The van der Waals surface area contributed by atoms with Crippen LogP contribution in [0.3, 0.4) is 0 Å². The molecule has 6 rings (SSSR count). The van der Waals surface area contributed by atoms with Gasteiger partial charge >= 0.3 is 12.1 Å². The Bertz CT molecular complexity index is 1530. The van der Waals surface area contributed by atoms with E-state index in [0.29, 0.717) is 30.5 Å². The molecule has 0 bridgehead atoms.